The van der Waals surface area contributed by atoms with Crippen molar-refractivity contribution in [1.82, 2.24) is 0 Å². The molecule has 0 fully saturated rings. The minimum atomic E-state index is -4.41. The highest BCUT2D eigenvalue weighted by atomic mass is 19.4. The molecule has 0 spiro atoms. The number of fused-ring (bicyclic) bond motifs is 1. The zero-order chi connectivity index (χ0) is 17.2. The second-order valence-electron chi connectivity index (χ2n) is 5.23. The van der Waals surface area contributed by atoms with Gasteiger partial charge in [0.15, 0.2) is 5.96 Å². The van der Waals surface area contributed by atoms with Crippen LogP contribution in [0.2, 0.25) is 0 Å². The number of halogens is 3. The number of anilines is 2. The molecule has 0 bridgehead atoms. The van der Waals surface area contributed by atoms with Gasteiger partial charge in [-0.3, -0.25) is 5.41 Å². The molecule has 0 atom stereocenters. The molecule has 0 unspecified atom stereocenters. The third-order valence-electron chi connectivity index (χ3n) is 3.51. The van der Waals surface area contributed by atoms with Crippen molar-refractivity contribution in [3.05, 3.63) is 72.3 Å². The van der Waals surface area contributed by atoms with Gasteiger partial charge in [0.25, 0.3) is 0 Å². The molecule has 3 nitrogen and oxygen atoms in total. The smallest absolute Gasteiger partial charge is 0.326 e. The van der Waals surface area contributed by atoms with E-state index in [1.54, 1.807) is 0 Å². The highest BCUT2D eigenvalue weighted by Crippen LogP contribution is 2.30. The molecule has 0 amide bonds. The standard InChI is InChI=1S/C18H14F3N3/c19-18(20,21)13-7-4-8-14(11-13)23-17(22)24-16-10-3-6-12-5-1-2-9-15(12)16/h1-11H,(H3,22,23,24). The largest absolute Gasteiger partial charge is 0.416 e. The van der Waals surface area contributed by atoms with Crippen LogP contribution in [0.3, 0.4) is 0 Å². The van der Waals surface area contributed by atoms with E-state index < -0.39 is 11.7 Å². The molecule has 0 heterocycles. The maximum Gasteiger partial charge on any atom is 0.416 e. The maximum absolute atomic E-state index is 12.7. The van der Waals surface area contributed by atoms with Crippen molar-refractivity contribution in [3.8, 4) is 0 Å². The van der Waals surface area contributed by atoms with E-state index in [0.29, 0.717) is 5.69 Å². The first-order chi connectivity index (χ1) is 11.4. The van der Waals surface area contributed by atoms with Crippen LogP contribution in [0.15, 0.2) is 66.7 Å². The van der Waals surface area contributed by atoms with Gasteiger partial charge in [-0.1, -0.05) is 42.5 Å². The van der Waals surface area contributed by atoms with Gasteiger partial charge < -0.3 is 10.6 Å². The molecule has 3 rings (SSSR count). The lowest BCUT2D eigenvalue weighted by Crippen LogP contribution is -2.21. The number of hydrogen-bond acceptors (Lipinski definition) is 1. The van der Waals surface area contributed by atoms with Crippen molar-refractivity contribution < 1.29 is 13.2 Å². The summed E-state index contributed by atoms with van der Waals surface area (Å²) in [6.07, 6.45) is -4.41. The van der Waals surface area contributed by atoms with Crippen LogP contribution in [-0.2, 0) is 6.18 Å². The average Bonchev–Trinajstić information content (AvgIpc) is 2.54. The summed E-state index contributed by atoms with van der Waals surface area (Å²) in [6, 6.07) is 18.0. The molecule has 0 aliphatic carbocycles. The van der Waals surface area contributed by atoms with Gasteiger partial charge in [0.1, 0.15) is 0 Å². The Kier molecular flexibility index (Phi) is 4.12. The van der Waals surface area contributed by atoms with Crippen molar-refractivity contribution in [1.29, 1.82) is 5.41 Å². The molecule has 24 heavy (non-hydrogen) atoms. The minimum absolute atomic E-state index is 0.106. The quantitative estimate of drug-likeness (QED) is 0.440. The second kappa shape index (κ2) is 6.23. The fourth-order valence-corrected chi connectivity index (χ4v) is 2.42. The van der Waals surface area contributed by atoms with Gasteiger partial charge in [-0.2, -0.15) is 13.2 Å². The van der Waals surface area contributed by atoms with Gasteiger partial charge >= 0.3 is 6.18 Å². The molecule has 122 valence electrons. The van der Waals surface area contributed by atoms with Gasteiger partial charge in [0.05, 0.1) is 5.56 Å². The average molecular weight is 329 g/mol. The highest BCUT2D eigenvalue weighted by Gasteiger charge is 2.30. The minimum Gasteiger partial charge on any atom is -0.326 e. The number of rotatable bonds is 2. The predicted octanol–water partition coefficient (Wildman–Crippen LogP) is 5.32. The zero-order valence-electron chi connectivity index (χ0n) is 12.5. The van der Waals surface area contributed by atoms with Crippen molar-refractivity contribution in [2.75, 3.05) is 10.6 Å². The summed E-state index contributed by atoms with van der Waals surface area (Å²) in [5.41, 5.74) is 0.144. The molecule has 6 heteroatoms. The monoisotopic (exact) mass is 329 g/mol. The van der Waals surface area contributed by atoms with Crippen LogP contribution >= 0.6 is 0 Å². The first-order valence-corrected chi connectivity index (χ1v) is 7.21. The molecule has 0 aromatic heterocycles. The van der Waals surface area contributed by atoms with Gasteiger partial charge in [-0.25, -0.2) is 0 Å². The Morgan fingerprint density at radius 3 is 2.33 bits per heavy atom. The van der Waals surface area contributed by atoms with E-state index in [4.69, 9.17) is 5.41 Å². The Labute approximate surface area is 136 Å². The summed E-state index contributed by atoms with van der Waals surface area (Å²) in [7, 11) is 0. The summed E-state index contributed by atoms with van der Waals surface area (Å²) < 4.78 is 38.2. The number of benzene rings is 3. The van der Waals surface area contributed by atoms with Crippen LogP contribution in [0.5, 0.6) is 0 Å². The lowest BCUT2D eigenvalue weighted by Gasteiger charge is -2.14. The van der Waals surface area contributed by atoms with Crippen molar-refractivity contribution in [2.45, 2.75) is 6.18 Å². The molecule has 0 saturated heterocycles. The van der Waals surface area contributed by atoms with Crippen LogP contribution in [0, 0.1) is 5.41 Å². The Balaban J connectivity index is 1.78. The maximum atomic E-state index is 12.7. The van der Waals surface area contributed by atoms with Gasteiger partial charge in [0.2, 0.25) is 0 Å². The Hall–Kier alpha value is -3.02. The summed E-state index contributed by atoms with van der Waals surface area (Å²) in [5, 5.41) is 15.4. The Bertz CT molecular complexity index is 883. The number of alkyl halides is 3. The highest BCUT2D eigenvalue weighted by molar-refractivity contribution is 6.07. The normalized spacial score (nSPS) is 11.3. The first-order valence-electron chi connectivity index (χ1n) is 7.21. The topological polar surface area (TPSA) is 47.9 Å². The van der Waals surface area contributed by atoms with E-state index in [1.165, 1.54) is 12.1 Å². The number of guanidine groups is 1. The van der Waals surface area contributed by atoms with E-state index in [9.17, 15) is 13.2 Å². The van der Waals surface area contributed by atoms with Crippen molar-refractivity contribution >= 4 is 28.1 Å². The molecular weight excluding hydrogens is 315 g/mol. The van der Waals surface area contributed by atoms with E-state index in [0.717, 1.165) is 22.9 Å². The molecule has 3 N–H and O–H groups in total. The molecule has 0 aliphatic heterocycles. The summed E-state index contributed by atoms with van der Waals surface area (Å²) in [5.74, 6) is -0.106. The molecule has 0 saturated carbocycles. The van der Waals surface area contributed by atoms with E-state index >= 15 is 0 Å². The summed E-state index contributed by atoms with van der Waals surface area (Å²) in [6.45, 7) is 0. The SMILES string of the molecule is N=C(Nc1cccc(C(F)(F)F)c1)Nc1cccc2ccccc12. The lowest BCUT2D eigenvalue weighted by atomic mass is 10.1. The predicted molar refractivity (Wildman–Crippen MR) is 90.4 cm³/mol. The molecule has 3 aromatic carbocycles. The zero-order valence-corrected chi connectivity index (χ0v) is 12.5. The van der Waals surface area contributed by atoms with Crippen molar-refractivity contribution in [3.63, 3.8) is 0 Å². The van der Waals surface area contributed by atoms with E-state index in [1.807, 2.05) is 42.5 Å². The van der Waals surface area contributed by atoms with Crippen LogP contribution in [0.1, 0.15) is 5.56 Å². The summed E-state index contributed by atoms with van der Waals surface area (Å²) in [4.78, 5) is 0. The molecule has 0 aliphatic rings. The van der Waals surface area contributed by atoms with Crippen molar-refractivity contribution in [2.24, 2.45) is 0 Å². The van der Waals surface area contributed by atoms with E-state index in [-0.39, 0.29) is 11.6 Å². The summed E-state index contributed by atoms with van der Waals surface area (Å²) >= 11 is 0. The lowest BCUT2D eigenvalue weighted by molar-refractivity contribution is -0.137. The van der Waals surface area contributed by atoms with Gasteiger partial charge in [-0.05, 0) is 29.7 Å². The van der Waals surface area contributed by atoms with E-state index in [2.05, 4.69) is 10.6 Å². The third kappa shape index (κ3) is 3.48. The van der Waals surface area contributed by atoms with Crippen LogP contribution < -0.4 is 10.6 Å². The fourth-order valence-electron chi connectivity index (χ4n) is 2.42. The molecule has 3 aromatic rings. The number of hydrogen-bond donors (Lipinski definition) is 3. The molecular formula is C18H14F3N3. The van der Waals surface area contributed by atoms with Gasteiger partial charge in [0, 0.05) is 16.8 Å². The Morgan fingerprint density at radius 2 is 1.54 bits per heavy atom. The van der Waals surface area contributed by atoms with Crippen LogP contribution in [-0.4, -0.2) is 5.96 Å². The molecule has 0 radical (unpaired) electrons. The van der Waals surface area contributed by atoms with Gasteiger partial charge in [-0.15, -0.1) is 0 Å². The fraction of sp³-hybridized carbons (Fsp3) is 0.0556. The third-order valence-corrected chi connectivity index (χ3v) is 3.51. The first kappa shape index (κ1) is 15.9. The van der Waals surface area contributed by atoms with Crippen LogP contribution in [0.25, 0.3) is 10.8 Å². The van der Waals surface area contributed by atoms with Crippen LogP contribution in [0.4, 0.5) is 24.5 Å². The number of nitrogens with one attached hydrogen (secondary N) is 3. The second-order valence-corrected chi connectivity index (χ2v) is 5.23. The Morgan fingerprint density at radius 1 is 0.833 bits per heavy atom.